The molecule has 0 radical (unpaired) electrons. The molecule has 3 nitrogen and oxygen atoms in total. The van der Waals surface area contributed by atoms with Crippen molar-refractivity contribution in [3.63, 3.8) is 0 Å². The Kier molecular flexibility index (Phi) is 3.91. The van der Waals surface area contributed by atoms with Crippen LogP contribution in [0, 0.1) is 17.6 Å². The van der Waals surface area contributed by atoms with Gasteiger partial charge in [-0.25, -0.2) is 13.6 Å². The van der Waals surface area contributed by atoms with E-state index in [0.29, 0.717) is 6.42 Å². The lowest BCUT2D eigenvalue weighted by atomic mass is 9.90. The van der Waals surface area contributed by atoms with Crippen LogP contribution in [0.2, 0.25) is 0 Å². The van der Waals surface area contributed by atoms with E-state index < -0.39 is 17.6 Å². The molecule has 1 aromatic rings. The molecule has 0 saturated carbocycles. The molecule has 0 unspecified atom stereocenters. The van der Waals surface area contributed by atoms with Crippen molar-refractivity contribution in [3.8, 4) is 0 Å². The molecular weight excluding hydrogens is 240 g/mol. The molecule has 18 heavy (non-hydrogen) atoms. The van der Waals surface area contributed by atoms with Crippen LogP contribution in [0.5, 0.6) is 0 Å². The van der Waals surface area contributed by atoms with Crippen molar-refractivity contribution in [1.29, 1.82) is 0 Å². The summed E-state index contributed by atoms with van der Waals surface area (Å²) in [7, 11) is 0. The van der Waals surface area contributed by atoms with Crippen LogP contribution < -0.4 is 5.32 Å². The summed E-state index contributed by atoms with van der Waals surface area (Å²) in [4.78, 5) is 10.7. The highest BCUT2D eigenvalue weighted by Crippen LogP contribution is 2.23. The zero-order valence-corrected chi connectivity index (χ0v) is 9.88. The van der Waals surface area contributed by atoms with Gasteiger partial charge in [0.05, 0.1) is 5.56 Å². The van der Waals surface area contributed by atoms with Crippen LogP contribution in [0.15, 0.2) is 12.1 Å². The number of halogens is 2. The quantitative estimate of drug-likeness (QED) is 0.870. The Balaban J connectivity index is 2.19. The molecule has 0 atom stereocenters. The van der Waals surface area contributed by atoms with E-state index in [0.717, 1.165) is 38.1 Å². The summed E-state index contributed by atoms with van der Waals surface area (Å²) in [5.41, 5.74) is -0.342. The van der Waals surface area contributed by atoms with Gasteiger partial charge in [0.25, 0.3) is 0 Å². The summed E-state index contributed by atoms with van der Waals surface area (Å²) in [6.07, 6.45) is 2.11. The SMILES string of the molecule is O=C(O)c1cc(F)c(CC2CCNCC2)c(F)c1. The standard InChI is InChI=1S/C13H15F2NO2/c14-11-6-9(13(17)18)7-12(15)10(11)5-8-1-3-16-4-2-8/h6-8,16H,1-5H2,(H,17,18). The van der Waals surface area contributed by atoms with Crippen molar-refractivity contribution in [3.05, 3.63) is 34.9 Å². The van der Waals surface area contributed by atoms with Gasteiger partial charge in [0.15, 0.2) is 0 Å². The minimum atomic E-state index is -1.32. The highest BCUT2D eigenvalue weighted by Gasteiger charge is 2.20. The van der Waals surface area contributed by atoms with Crippen molar-refractivity contribution in [2.45, 2.75) is 19.3 Å². The Hall–Kier alpha value is -1.49. The van der Waals surface area contributed by atoms with E-state index in [1.54, 1.807) is 0 Å². The van der Waals surface area contributed by atoms with Crippen LogP contribution in [0.1, 0.15) is 28.8 Å². The summed E-state index contributed by atoms with van der Waals surface area (Å²) < 4.78 is 27.4. The molecule has 2 rings (SSSR count). The molecule has 0 spiro atoms. The van der Waals surface area contributed by atoms with Crippen molar-refractivity contribution in [1.82, 2.24) is 5.32 Å². The fraction of sp³-hybridized carbons (Fsp3) is 0.462. The van der Waals surface area contributed by atoms with E-state index in [1.165, 1.54) is 0 Å². The highest BCUT2D eigenvalue weighted by atomic mass is 19.1. The third-order valence-electron chi connectivity index (χ3n) is 3.34. The van der Waals surface area contributed by atoms with Gasteiger partial charge in [-0.2, -0.15) is 0 Å². The molecule has 1 aliphatic heterocycles. The minimum absolute atomic E-state index is 0.00639. The van der Waals surface area contributed by atoms with Crippen molar-refractivity contribution in [2.75, 3.05) is 13.1 Å². The normalized spacial score (nSPS) is 16.8. The number of hydrogen-bond acceptors (Lipinski definition) is 2. The molecule has 0 aliphatic carbocycles. The van der Waals surface area contributed by atoms with Gasteiger partial charge in [-0.05, 0) is 50.4 Å². The highest BCUT2D eigenvalue weighted by molar-refractivity contribution is 5.87. The van der Waals surface area contributed by atoms with Gasteiger partial charge in [-0.15, -0.1) is 0 Å². The third kappa shape index (κ3) is 2.85. The van der Waals surface area contributed by atoms with Gasteiger partial charge in [0, 0.05) is 5.56 Å². The Bertz CT molecular complexity index is 433. The first-order valence-corrected chi connectivity index (χ1v) is 6.00. The van der Waals surface area contributed by atoms with Gasteiger partial charge in [0.1, 0.15) is 11.6 Å². The summed E-state index contributed by atoms with van der Waals surface area (Å²) >= 11 is 0. The number of nitrogens with one attached hydrogen (secondary N) is 1. The zero-order chi connectivity index (χ0) is 13.1. The second-order valence-corrected chi connectivity index (χ2v) is 4.62. The Morgan fingerprint density at radius 1 is 1.28 bits per heavy atom. The zero-order valence-electron chi connectivity index (χ0n) is 9.88. The number of carbonyl (C=O) groups is 1. The monoisotopic (exact) mass is 255 g/mol. The maximum absolute atomic E-state index is 13.7. The smallest absolute Gasteiger partial charge is 0.335 e. The second-order valence-electron chi connectivity index (χ2n) is 4.62. The Morgan fingerprint density at radius 2 is 1.83 bits per heavy atom. The molecule has 0 bridgehead atoms. The van der Waals surface area contributed by atoms with Crippen LogP contribution >= 0.6 is 0 Å². The van der Waals surface area contributed by atoms with E-state index in [2.05, 4.69) is 5.32 Å². The predicted octanol–water partition coefficient (Wildman–Crippen LogP) is 2.21. The number of carboxylic acids is 1. The topological polar surface area (TPSA) is 49.3 Å². The van der Waals surface area contributed by atoms with Crippen molar-refractivity contribution < 1.29 is 18.7 Å². The molecular formula is C13H15F2NO2. The molecule has 98 valence electrons. The third-order valence-corrected chi connectivity index (χ3v) is 3.34. The van der Waals surface area contributed by atoms with Crippen LogP contribution in [0.3, 0.4) is 0 Å². The average Bonchev–Trinajstić information content (AvgIpc) is 2.34. The molecule has 1 heterocycles. The van der Waals surface area contributed by atoms with Gasteiger partial charge in [-0.1, -0.05) is 0 Å². The van der Waals surface area contributed by atoms with E-state index in [9.17, 15) is 13.6 Å². The maximum Gasteiger partial charge on any atom is 0.335 e. The molecule has 1 aromatic carbocycles. The van der Waals surface area contributed by atoms with Gasteiger partial charge in [0.2, 0.25) is 0 Å². The number of rotatable bonds is 3. The van der Waals surface area contributed by atoms with Crippen LogP contribution in [0.25, 0.3) is 0 Å². The second kappa shape index (κ2) is 5.44. The number of benzene rings is 1. The molecule has 0 amide bonds. The van der Waals surface area contributed by atoms with Gasteiger partial charge >= 0.3 is 5.97 Å². The lowest BCUT2D eigenvalue weighted by Gasteiger charge is -2.23. The minimum Gasteiger partial charge on any atom is -0.478 e. The fourth-order valence-electron chi connectivity index (χ4n) is 2.30. The van der Waals surface area contributed by atoms with E-state index in [1.807, 2.05) is 0 Å². The lowest BCUT2D eigenvalue weighted by molar-refractivity contribution is 0.0695. The van der Waals surface area contributed by atoms with E-state index in [4.69, 9.17) is 5.11 Å². The first kappa shape index (κ1) is 13.0. The summed E-state index contributed by atoms with van der Waals surface area (Å²) in [5.74, 6) is -2.58. The molecule has 2 N–H and O–H groups in total. The first-order chi connectivity index (χ1) is 8.58. The molecule has 1 aliphatic rings. The number of piperidine rings is 1. The molecule has 1 saturated heterocycles. The average molecular weight is 255 g/mol. The van der Waals surface area contributed by atoms with Crippen molar-refractivity contribution in [2.24, 2.45) is 5.92 Å². The molecule has 1 fully saturated rings. The van der Waals surface area contributed by atoms with Crippen LogP contribution in [0.4, 0.5) is 8.78 Å². The van der Waals surface area contributed by atoms with E-state index in [-0.39, 0.29) is 17.0 Å². The molecule has 5 heteroatoms. The predicted molar refractivity (Wildman–Crippen MR) is 62.6 cm³/mol. The number of aromatic carboxylic acids is 1. The fourth-order valence-corrected chi connectivity index (χ4v) is 2.30. The largest absolute Gasteiger partial charge is 0.478 e. The first-order valence-electron chi connectivity index (χ1n) is 6.00. The Labute approximate surface area is 104 Å². The van der Waals surface area contributed by atoms with Crippen molar-refractivity contribution >= 4 is 5.97 Å². The number of hydrogen-bond donors (Lipinski definition) is 2. The lowest BCUT2D eigenvalue weighted by Crippen LogP contribution is -2.29. The summed E-state index contributed by atoms with van der Waals surface area (Å²) in [5, 5.41) is 11.9. The Morgan fingerprint density at radius 3 is 2.33 bits per heavy atom. The number of carboxylic acid groups (broad SMARTS) is 1. The summed E-state index contributed by atoms with van der Waals surface area (Å²) in [6.45, 7) is 1.72. The van der Waals surface area contributed by atoms with Crippen LogP contribution in [-0.2, 0) is 6.42 Å². The molecule has 0 aromatic heterocycles. The van der Waals surface area contributed by atoms with Crippen LogP contribution in [-0.4, -0.2) is 24.2 Å². The summed E-state index contributed by atoms with van der Waals surface area (Å²) in [6, 6.07) is 1.78. The maximum atomic E-state index is 13.7. The van der Waals surface area contributed by atoms with E-state index >= 15 is 0 Å². The van der Waals surface area contributed by atoms with Gasteiger partial charge in [-0.3, -0.25) is 0 Å². The van der Waals surface area contributed by atoms with Gasteiger partial charge < -0.3 is 10.4 Å².